The molecule has 2 aromatic heterocycles. The molecule has 0 atom stereocenters. The Labute approximate surface area is 118 Å². The van der Waals surface area contributed by atoms with Crippen LogP contribution in [-0.4, -0.2) is 37.0 Å². The molecular formula is C13H18N4O2S. The van der Waals surface area contributed by atoms with E-state index in [-0.39, 0.29) is 4.90 Å². The van der Waals surface area contributed by atoms with Gasteiger partial charge in [0.25, 0.3) is 0 Å². The van der Waals surface area contributed by atoms with E-state index in [1.54, 1.807) is 18.3 Å². The summed E-state index contributed by atoms with van der Waals surface area (Å²) in [6, 6.07) is 3.50. The van der Waals surface area contributed by atoms with Gasteiger partial charge in [0.15, 0.2) is 0 Å². The monoisotopic (exact) mass is 294 g/mol. The molecule has 0 amide bonds. The van der Waals surface area contributed by atoms with Gasteiger partial charge in [-0.25, -0.2) is 18.1 Å². The van der Waals surface area contributed by atoms with Crippen LogP contribution in [0.2, 0.25) is 0 Å². The van der Waals surface area contributed by atoms with E-state index in [1.165, 1.54) is 6.20 Å². The van der Waals surface area contributed by atoms with Gasteiger partial charge in [0.1, 0.15) is 10.5 Å². The molecule has 3 rings (SSSR count). The topological polar surface area (TPSA) is 86.9 Å². The van der Waals surface area contributed by atoms with Crippen LogP contribution >= 0.6 is 0 Å². The summed E-state index contributed by atoms with van der Waals surface area (Å²) in [5.41, 5.74) is 0.193. The van der Waals surface area contributed by atoms with Crippen molar-refractivity contribution in [3.8, 4) is 0 Å². The standard InChI is InChI=1S/C13H18N4O2S/c1-13(4-7-14-8-5-13)17-20(18,19)11-9-16-12-10(11)3-2-6-15-12/h2-3,6,9,14,17H,4-5,7-8H2,1H3,(H,15,16). The summed E-state index contributed by atoms with van der Waals surface area (Å²) in [5, 5.41) is 3.86. The second kappa shape index (κ2) is 4.83. The third-order valence-corrected chi connectivity index (χ3v) is 5.47. The van der Waals surface area contributed by atoms with Crippen molar-refractivity contribution in [2.45, 2.75) is 30.2 Å². The van der Waals surface area contributed by atoms with Crippen LogP contribution < -0.4 is 10.0 Å². The average Bonchev–Trinajstić information content (AvgIpc) is 2.83. The van der Waals surface area contributed by atoms with Crippen molar-refractivity contribution < 1.29 is 8.42 Å². The smallest absolute Gasteiger partial charge is 0.243 e. The lowest BCUT2D eigenvalue weighted by atomic mass is 9.92. The Balaban J connectivity index is 1.95. The second-order valence-corrected chi connectivity index (χ2v) is 7.12. The highest BCUT2D eigenvalue weighted by molar-refractivity contribution is 7.89. The number of nitrogens with one attached hydrogen (secondary N) is 3. The Kier molecular flexibility index (Phi) is 3.27. The van der Waals surface area contributed by atoms with Gasteiger partial charge in [-0.3, -0.25) is 0 Å². The lowest BCUT2D eigenvalue weighted by Gasteiger charge is -2.34. The minimum Gasteiger partial charge on any atom is -0.345 e. The van der Waals surface area contributed by atoms with E-state index in [1.807, 2.05) is 6.92 Å². The third-order valence-electron chi connectivity index (χ3n) is 3.79. The van der Waals surface area contributed by atoms with Crippen LogP contribution in [0.4, 0.5) is 0 Å². The van der Waals surface area contributed by atoms with Crippen molar-refractivity contribution in [2.75, 3.05) is 13.1 Å². The summed E-state index contributed by atoms with van der Waals surface area (Å²) in [6.07, 6.45) is 4.71. The molecule has 1 saturated heterocycles. The van der Waals surface area contributed by atoms with Gasteiger partial charge in [-0.2, -0.15) is 0 Å². The summed E-state index contributed by atoms with van der Waals surface area (Å²) >= 11 is 0. The number of sulfonamides is 1. The maximum Gasteiger partial charge on any atom is 0.243 e. The van der Waals surface area contributed by atoms with Crippen LogP contribution in [0.3, 0.4) is 0 Å². The van der Waals surface area contributed by atoms with Crippen molar-refractivity contribution in [2.24, 2.45) is 0 Å². The summed E-state index contributed by atoms with van der Waals surface area (Å²) in [6.45, 7) is 3.61. The van der Waals surface area contributed by atoms with Gasteiger partial charge in [0, 0.05) is 23.3 Å². The van der Waals surface area contributed by atoms with Crippen molar-refractivity contribution in [1.29, 1.82) is 0 Å². The van der Waals surface area contributed by atoms with E-state index in [9.17, 15) is 8.42 Å². The van der Waals surface area contributed by atoms with E-state index in [0.717, 1.165) is 25.9 Å². The molecule has 2 aromatic rings. The van der Waals surface area contributed by atoms with Gasteiger partial charge < -0.3 is 10.3 Å². The zero-order valence-electron chi connectivity index (χ0n) is 11.3. The molecule has 0 radical (unpaired) electrons. The zero-order valence-corrected chi connectivity index (χ0v) is 12.1. The quantitative estimate of drug-likeness (QED) is 0.787. The highest BCUT2D eigenvalue weighted by atomic mass is 32.2. The Morgan fingerprint density at radius 3 is 2.85 bits per heavy atom. The fraction of sp³-hybridized carbons (Fsp3) is 0.462. The number of aromatic amines is 1. The van der Waals surface area contributed by atoms with Crippen LogP contribution in [0, 0.1) is 0 Å². The molecule has 0 saturated carbocycles. The first-order chi connectivity index (χ1) is 9.50. The van der Waals surface area contributed by atoms with E-state index < -0.39 is 15.6 Å². The largest absolute Gasteiger partial charge is 0.345 e. The van der Waals surface area contributed by atoms with Crippen molar-refractivity contribution in [1.82, 2.24) is 20.0 Å². The molecule has 20 heavy (non-hydrogen) atoms. The zero-order chi connectivity index (χ0) is 14.2. The van der Waals surface area contributed by atoms with E-state index in [0.29, 0.717) is 11.0 Å². The number of hydrogen-bond donors (Lipinski definition) is 3. The molecule has 0 unspecified atom stereocenters. The van der Waals surface area contributed by atoms with Crippen molar-refractivity contribution in [3.05, 3.63) is 24.5 Å². The molecule has 0 spiro atoms. The Morgan fingerprint density at radius 2 is 2.10 bits per heavy atom. The normalized spacial score (nSPS) is 19.2. The van der Waals surface area contributed by atoms with Crippen LogP contribution in [0.15, 0.2) is 29.4 Å². The van der Waals surface area contributed by atoms with E-state index in [4.69, 9.17) is 0 Å². The molecule has 1 fully saturated rings. The predicted molar refractivity (Wildman–Crippen MR) is 76.9 cm³/mol. The Morgan fingerprint density at radius 1 is 1.35 bits per heavy atom. The van der Waals surface area contributed by atoms with Crippen LogP contribution in [0.5, 0.6) is 0 Å². The first-order valence-corrected chi connectivity index (χ1v) is 8.15. The number of piperidine rings is 1. The maximum absolute atomic E-state index is 12.6. The highest BCUT2D eigenvalue weighted by Crippen LogP contribution is 2.25. The van der Waals surface area contributed by atoms with Gasteiger partial charge in [-0.1, -0.05) is 0 Å². The molecule has 1 aliphatic heterocycles. The fourth-order valence-electron chi connectivity index (χ4n) is 2.61. The van der Waals surface area contributed by atoms with Crippen molar-refractivity contribution >= 4 is 21.1 Å². The van der Waals surface area contributed by atoms with Crippen LogP contribution in [-0.2, 0) is 10.0 Å². The lowest BCUT2D eigenvalue weighted by molar-refractivity contribution is 0.308. The second-order valence-electron chi connectivity index (χ2n) is 5.47. The first kappa shape index (κ1) is 13.5. The Hall–Kier alpha value is -1.44. The Bertz CT molecular complexity index is 717. The summed E-state index contributed by atoms with van der Waals surface area (Å²) in [5.74, 6) is 0. The molecule has 6 nitrogen and oxygen atoms in total. The predicted octanol–water partition coefficient (Wildman–Crippen LogP) is 0.983. The highest BCUT2D eigenvalue weighted by Gasteiger charge is 2.33. The molecule has 7 heteroatoms. The number of hydrogen-bond acceptors (Lipinski definition) is 4. The minimum atomic E-state index is -3.55. The molecule has 3 heterocycles. The van der Waals surface area contributed by atoms with Gasteiger partial charge in [-0.15, -0.1) is 0 Å². The van der Waals surface area contributed by atoms with E-state index >= 15 is 0 Å². The van der Waals surface area contributed by atoms with Gasteiger partial charge >= 0.3 is 0 Å². The fourth-order valence-corrected chi connectivity index (χ4v) is 4.24. The molecule has 0 aromatic carbocycles. The van der Waals surface area contributed by atoms with Gasteiger partial charge in [0.05, 0.1) is 0 Å². The molecule has 0 bridgehead atoms. The summed E-state index contributed by atoms with van der Waals surface area (Å²) in [7, 11) is -3.55. The first-order valence-electron chi connectivity index (χ1n) is 6.67. The van der Waals surface area contributed by atoms with Crippen LogP contribution in [0.25, 0.3) is 11.0 Å². The number of H-pyrrole nitrogens is 1. The number of aromatic nitrogens is 2. The van der Waals surface area contributed by atoms with Gasteiger partial charge in [-0.05, 0) is 45.0 Å². The maximum atomic E-state index is 12.6. The van der Waals surface area contributed by atoms with E-state index in [2.05, 4.69) is 20.0 Å². The number of rotatable bonds is 3. The minimum absolute atomic E-state index is 0.264. The third kappa shape index (κ3) is 2.44. The summed E-state index contributed by atoms with van der Waals surface area (Å²) < 4.78 is 28.1. The lowest BCUT2D eigenvalue weighted by Crippen LogP contribution is -2.52. The molecule has 0 aliphatic carbocycles. The number of nitrogens with zero attached hydrogens (tertiary/aromatic N) is 1. The number of pyridine rings is 1. The SMILES string of the molecule is CC1(NS(=O)(=O)c2c[nH]c3ncccc23)CCNCC1. The average molecular weight is 294 g/mol. The number of fused-ring (bicyclic) bond motifs is 1. The molecule has 108 valence electrons. The molecular weight excluding hydrogens is 276 g/mol. The van der Waals surface area contributed by atoms with Crippen molar-refractivity contribution in [3.63, 3.8) is 0 Å². The molecule has 1 aliphatic rings. The summed E-state index contributed by atoms with van der Waals surface area (Å²) in [4.78, 5) is 7.29. The molecule has 3 N–H and O–H groups in total. The van der Waals surface area contributed by atoms with Crippen LogP contribution in [0.1, 0.15) is 19.8 Å². The van der Waals surface area contributed by atoms with Gasteiger partial charge in [0.2, 0.25) is 10.0 Å².